The van der Waals surface area contributed by atoms with Crippen LogP contribution >= 0.6 is 22.7 Å². The monoisotopic (exact) mass is 384 g/mol. The Hall–Kier alpha value is -2.51. The molecule has 0 fully saturated rings. The molecule has 132 valence electrons. The molecule has 2 aromatic heterocycles. The van der Waals surface area contributed by atoms with E-state index in [1.165, 1.54) is 11.3 Å². The maximum Gasteiger partial charge on any atom is 0.350 e. The SMILES string of the molecule is Cc1nc(-c2ccsc2)sc1C(=O)OCC(=O)N1CCc2ccccc21. The summed E-state index contributed by atoms with van der Waals surface area (Å²) in [6, 6.07) is 9.77. The molecule has 7 heteroatoms. The van der Waals surface area contributed by atoms with Gasteiger partial charge in [0.25, 0.3) is 5.91 Å². The van der Waals surface area contributed by atoms with Gasteiger partial charge < -0.3 is 9.64 Å². The van der Waals surface area contributed by atoms with Crippen molar-refractivity contribution in [3.8, 4) is 10.6 Å². The van der Waals surface area contributed by atoms with Gasteiger partial charge >= 0.3 is 5.97 Å². The van der Waals surface area contributed by atoms with Crippen LogP contribution in [0.4, 0.5) is 5.69 Å². The molecule has 0 radical (unpaired) electrons. The van der Waals surface area contributed by atoms with Crippen LogP contribution in [-0.2, 0) is 16.0 Å². The first-order chi connectivity index (χ1) is 12.6. The highest BCUT2D eigenvalue weighted by Crippen LogP contribution is 2.30. The van der Waals surface area contributed by atoms with Crippen LogP contribution in [-0.4, -0.2) is 30.0 Å². The number of carbonyl (C=O) groups is 2. The number of ether oxygens (including phenoxy) is 1. The quantitative estimate of drug-likeness (QED) is 0.640. The molecule has 0 N–H and O–H groups in total. The lowest BCUT2D eigenvalue weighted by Gasteiger charge is -2.17. The largest absolute Gasteiger partial charge is 0.451 e. The Balaban J connectivity index is 1.42. The number of rotatable bonds is 4. The first kappa shape index (κ1) is 16.9. The van der Waals surface area contributed by atoms with Crippen LogP contribution in [0.1, 0.15) is 20.9 Å². The summed E-state index contributed by atoms with van der Waals surface area (Å²) in [5.41, 5.74) is 3.67. The molecule has 3 heterocycles. The van der Waals surface area contributed by atoms with Gasteiger partial charge in [-0.25, -0.2) is 9.78 Å². The van der Waals surface area contributed by atoms with Crippen molar-refractivity contribution in [2.45, 2.75) is 13.3 Å². The molecule has 5 nitrogen and oxygen atoms in total. The summed E-state index contributed by atoms with van der Waals surface area (Å²) >= 11 is 2.87. The van der Waals surface area contributed by atoms with Crippen LogP contribution in [0, 0.1) is 6.92 Å². The first-order valence-corrected chi connectivity index (χ1v) is 9.95. The molecule has 0 aliphatic carbocycles. The van der Waals surface area contributed by atoms with Crippen LogP contribution in [0.5, 0.6) is 0 Å². The van der Waals surface area contributed by atoms with Crippen molar-refractivity contribution in [2.24, 2.45) is 0 Å². The number of thiophene rings is 1. The number of thiazole rings is 1. The number of hydrogen-bond acceptors (Lipinski definition) is 6. The average molecular weight is 384 g/mol. The minimum absolute atomic E-state index is 0.205. The zero-order chi connectivity index (χ0) is 18.1. The lowest BCUT2D eigenvalue weighted by molar-refractivity contribution is -0.121. The van der Waals surface area contributed by atoms with Crippen molar-refractivity contribution in [2.75, 3.05) is 18.1 Å². The van der Waals surface area contributed by atoms with E-state index in [0.29, 0.717) is 17.1 Å². The summed E-state index contributed by atoms with van der Waals surface area (Å²) in [5.74, 6) is -0.703. The summed E-state index contributed by atoms with van der Waals surface area (Å²) in [4.78, 5) is 31.4. The lowest BCUT2D eigenvalue weighted by atomic mass is 10.2. The van der Waals surface area contributed by atoms with Gasteiger partial charge in [-0.15, -0.1) is 11.3 Å². The highest BCUT2D eigenvalue weighted by molar-refractivity contribution is 7.17. The summed E-state index contributed by atoms with van der Waals surface area (Å²) < 4.78 is 5.27. The van der Waals surface area contributed by atoms with E-state index in [1.807, 2.05) is 41.1 Å². The second kappa shape index (κ2) is 7.01. The summed E-state index contributed by atoms with van der Waals surface area (Å²) in [6.07, 6.45) is 0.827. The van der Waals surface area contributed by atoms with E-state index in [9.17, 15) is 9.59 Å². The van der Waals surface area contributed by atoms with Gasteiger partial charge in [-0.2, -0.15) is 11.3 Å². The topological polar surface area (TPSA) is 59.5 Å². The highest BCUT2D eigenvalue weighted by atomic mass is 32.1. The normalized spacial score (nSPS) is 12.9. The molecular formula is C19H16N2O3S2. The van der Waals surface area contributed by atoms with Gasteiger partial charge in [-0.1, -0.05) is 18.2 Å². The van der Waals surface area contributed by atoms with Gasteiger partial charge in [0.05, 0.1) is 5.69 Å². The highest BCUT2D eigenvalue weighted by Gasteiger charge is 2.26. The second-order valence-corrected chi connectivity index (χ2v) is 7.72. The van der Waals surface area contributed by atoms with Crippen molar-refractivity contribution in [3.63, 3.8) is 0 Å². The molecule has 1 aliphatic heterocycles. The third-order valence-electron chi connectivity index (χ3n) is 4.27. The van der Waals surface area contributed by atoms with E-state index < -0.39 is 5.97 Å². The van der Waals surface area contributed by atoms with Crippen LogP contribution in [0.3, 0.4) is 0 Å². The van der Waals surface area contributed by atoms with Gasteiger partial charge in [0.15, 0.2) is 6.61 Å². The van der Waals surface area contributed by atoms with Gasteiger partial charge in [-0.05, 0) is 36.4 Å². The Morgan fingerprint density at radius 2 is 2.12 bits per heavy atom. The molecule has 1 aromatic carbocycles. The molecule has 26 heavy (non-hydrogen) atoms. The molecule has 0 atom stereocenters. The molecule has 0 saturated carbocycles. The third kappa shape index (κ3) is 3.15. The summed E-state index contributed by atoms with van der Waals surface area (Å²) in [7, 11) is 0. The van der Waals surface area contributed by atoms with Gasteiger partial charge in [0.2, 0.25) is 0 Å². The molecule has 4 rings (SSSR count). The predicted molar refractivity (Wildman–Crippen MR) is 103 cm³/mol. The van der Waals surface area contributed by atoms with E-state index in [0.717, 1.165) is 28.2 Å². The number of aromatic nitrogens is 1. The molecule has 0 spiro atoms. The Morgan fingerprint density at radius 1 is 1.27 bits per heavy atom. The average Bonchev–Trinajstić information content (AvgIpc) is 3.38. The minimum Gasteiger partial charge on any atom is -0.451 e. The van der Waals surface area contributed by atoms with Gasteiger partial charge in [0, 0.05) is 23.2 Å². The van der Waals surface area contributed by atoms with Crippen LogP contribution < -0.4 is 4.90 Å². The standard InChI is InChI=1S/C19H16N2O3S2/c1-12-17(26-18(20-12)14-7-9-25-11-14)19(23)24-10-16(22)21-8-6-13-4-2-3-5-15(13)21/h2-5,7,9,11H,6,8,10H2,1H3. The van der Waals surface area contributed by atoms with Crippen molar-refractivity contribution < 1.29 is 14.3 Å². The first-order valence-electron chi connectivity index (χ1n) is 8.19. The lowest BCUT2D eigenvalue weighted by Crippen LogP contribution is -2.33. The fourth-order valence-electron chi connectivity index (χ4n) is 2.96. The number of esters is 1. The van der Waals surface area contributed by atoms with Crippen molar-refractivity contribution in [1.29, 1.82) is 0 Å². The van der Waals surface area contributed by atoms with E-state index in [-0.39, 0.29) is 12.5 Å². The van der Waals surface area contributed by atoms with Crippen LogP contribution in [0.25, 0.3) is 10.6 Å². The molecule has 1 aliphatic rings. The summed E-state index contributed by atoms with van der Waals surface area (Å²) in [6.45, 7) is 2.14. The van der Waals surface area contributed by atoms with E-state index >= 15 is 0 Å². The number of aryl methyl sites for hydroxylation is 1. The summed E-state index contributed by atoms with van der Waals surface area (Å²) in [5, 5.41) is 4.74. The number of fused-ring (bicyclic) bond motifs is 1. The molecule has 0 bridgehead atoms. The van der Waals surface area contributed by atoms with Gasteiger partial charge in [-0.3, -0.25) is 4.79 Å². The molecule has 0 saturated heterocycles. The number of carbonyl (C=O) groups excluding carboxylic acids is 2. The number of anilines is 1. The number of benzene rings is 1. The molecule has 3 aromatic rings. The van der Waals surface area contributed by atoms with Crippen molar-refractivity contribution in [1.82, 2.24) is 4.98 Å². The van der Waals surface area contributed by atoms with Crippen molar-refractivity contribution >= 4 is 40.2 Å². The number of amides is 1. The second-order valence-electron chi connectivity index (χ2n) is 5.95. The Morgan fingerprint density at radius 3 is 2.92 bits per heavy atom. The Kier molecular flexibility index (Phi) is 4.57. The third-order valence-corrected chi connectivity index (χ3v) is 6.13. The fourth-order valence-corrected chi connectivity index (χ4v) is 4.63. The Bertz CT molecular complexity index is 963. The van der Waals surface area contributed by atoms with E-state index in [2.05, 4.69) is 4.98 Å². The smallest absolute Gasteiger partial charge is 0.350 e. The molecule has 0 unspecified atom stereocenters. The molecule has 1 amide bonds. The van der Waals surface area contributed by atoms with E-state index in [4.69, 9.17) is 4.74 Å². The zero-order valence-electron chi connectivity index (χ0n) is 14.1. The predicted octanol–water partition coefficient (Wildman–Crippen LogP) is 3.93. The van der Waals surface area contributed by atoms with Crippen LogP contribution in [0.2, 0.25) is 0 Å². The Labute approximate surface area is 158 Å². The fraction of sp³-hybridized carbons (Fsp3) is 0.211. The zero-order valence-corrected chi connectivity index (χ0v) is 15.7. The molecular weight excluding hydrogens is 368 g/mol. The van der Waals surface area contributed by atoms with Crippen molar-refractivity contribution in [3.05, 3.63) is 57.2 Å². The van der Waals surface area contributed by atoms with Crippen LogP contribution in [0.15, 0.2) is 41.1 Å². The number of hydrogen-bond donors (Lipinski definition) is 0. The minimum atomic E-state index is -0.498. The maximum absolute atomic E-state index is 12.5. The number of para-hydroxylation sites is 1. The van der Waals surface area contributed by atoms with E-state index in [1.54, 1.807) is 23.2 Å². The maximum atomic E-state index is 12.5. The number of nitrogens with zero attached hydrogens (tertiary/aromatic N) is 2. The van der Waals surface area contributed by atoms with Gasteiger partial charge in [0.1, 0.15) is 9.88 Å².